The summed E-state index contributed by atoms with van der Waals surface area (Å²) in [5.41, 5.74) is 1.19. The van der Waals surface area contributed by atoms with Crippen molar-refractivity contribution >= 4 is 23.7 Å². The molecule has 0 atom stereocenters. The number of hydrazone groups is 1. The van der Waals surface area contributed by atoms with Gasteiger partial charge in [-0.25, -0.2) is 5.01 Å². The van der Waals surface area contributed by atoms with Crippen LogP contribution >= 0.6 is 11.6 Å². The molecule has 6 nitrogen and oxygen atoms in total. The molecule has 0 aromatic heterocycles. The maximum Gasteiger partial charge on any atom is 0.273 e. The summed E-state index contributed by atoms with van der Waals surface area (Å²) in [5, 5.41) is 6.03. The second-order valence-corrected chi connectivity index (χ2v) is 5.48. The fourth-order valence-corrected chi connectivity index (χ4v) is 2.27. The van der Waals surface area contributed by atoms with E-state index >= 15 is 0 Å². The molecular formula is C18H19ClN2O4. The van der Waals surface area contributed by atoms with E-state index in [1.807, 2.05) is 12.1 Å². The van der Waals surface area contributed by atoms with Gasteiger partial charge in [0.05, 0.1) is 27.5 Å². The minimum absolute atomic E-state index is 0.315. The van der Waals surface area contributed by atoms with Crippen LogP contribution in [0.15, 0.2) is 41.5 Å². The molecule has 132 valence electrons. The number of nitrogens with zero attached hydrogens (tertiary/aromatic N) is 2. The molecule has 0 N–H and O–H groups in total. The third-order valence-corrected chi connectivity index (χ3v) is 3.71. The second kappa shape index (κ2) is 8.39. The van der Waals surface area contributed by atoms with E-state index in [1.54, 1.807) is 37.5 Å². The van der Waals surface area contributed by atoms with Gasteiger partial charge in [-0.2, -0.15) is 5.10 Å². The number of halogens is 1. The van der Waals surface area contributed by atoms with Crippen molar-refractivity contribution in [3.8, 4) is 17.2 Å². The lowest BCUT2D eigenvalue weighted by molar-refractivity contribution is 0.0799. The minimum atomic E-state index is -0.315. The van der Waals surface area contributed by atoms with Crippen molar-refractivity contribution in [2.45, 2.75) is 0 Å². The van der Waals surface area contributed by atoms with Crippen LogP contribution in [0.2, 0.25) is 5.02 Å². The molecule has 0 bridgehead atoms. The first kappa shape index (κ1) is 18.6. The minimum Gasteiger partial charge on any atom is -0.493 e. The van der Waals surface area contributed by atoms with Crippen LogP contribution in [-0.2, 0) is 0 Å². The molecule has 0 aliphatic rings. The molecule has 0 aliphatic carbocycles. The Labute approximate surface area is 151 Å². The first-order valence-corrected chi connectivity index (χ1v) is 7.75. The molecular weight excluding hydrogens is 344 g/mol. The monoisotopic (exact) mass is 362 g/mol. The van der Waals surface area contributed by atoms with Gasteiger partial charge >= 0.3 is 0 Å². The molecule has 1 amide bonds. The van der Waals surface area contributed by atoms with Crippen LogP contribution in [0.4, 0.5) is 0 Å². The molecule has 0 saturated carbocycles. The highest BCUT2D eigenvalue weighted by atomic mass is 35.5. The number of rotatable bonds is 6. The van der Waals surface area contributed by atoms with Crippen LogP contribution in [0.3, 0.4) is 0 Å². The summed E-state index contributed by atoms with van der Waals surface area (Å²) in [5.74, 6) is 0.916. The topological polar surface area (TPSA) is 60.4 Å². The van der Waals surface area contributed by atoms with Crippen molar-refractivity contribution in [3.63, 3.8) is 0 Å². The highest BCUT2D eigenvalue weighted by Gasteiger charge is 2.19. The van der Waals surface area contributed by atoms with Crippen LogP contribution < -0.4 is 14.2 Å². The number of carbonyl (C=O) groups excluding carboxylic acids is 1. The largest absolute Gasteiger partial charge is 0.493 e. The molecule has 0 heterocycles. The molecule has 2 aromatic carbocycles. The smallest absolute Gasteiger partial charge is 0.273 e. The summed E-state index contributed by atoms with van der Waals surface area (Å²) < 4.78 is 15.8. The van der Waals surface area contributed by atoms with Gasteiger partial charge in [0.2, 0.25) is 5.75 Å². The molecule has 2 aromatic rings. The van der Waals surface area contributed by atoms with Crippen molar-refractivity contribution in [2.24, 2.45) is 5.10 Å². The predicted octanol–water partition coefficient (Wildman–Crippen LogP) is 3.47. The lowest BCUT2D eigenvalue weighted by Gasteiger charge is -2.16. The zero-order chi connectivity index (χ0) is 18.4. The Morgan fingerprint density at radius 3 is 2.08 bits per heavy atom. The number of ether oxygens (including phenoxy) is 3. The van der Waals surface area contributed by atoms with E-state index in [-0.39, 0.29) is 5.91 Å². The lowest BCUT2D eigenvalue weighted by Crippen LogP contribution is -2.21. The third kappa shape index (κ3) is 4.42. The van der Waals surface area contributed by atoms with Gasteiger partial charge in [0.25, 0.3) is 5.91 Å². The Morgan fingerprint density at radius 1 is 1.04 bits per heavy atom. The summed E-state index contributed by atoms with van der Waals surface area (Å²) >= 11 is 5.84. The quantitative estimate of drug-likeness (QED) is 0.583. The van der Waals surface area contributed by atoms with Crippen molar-refractivity contribution in [3.05, 3.63) is 52.5 Å². The predicted molar refractivity (Wildman–Crippen MR) is 97.2 cm³/mol. The van der Waals surface area contributed by atoms with Crippen molar-refractivity contribution in [1.82, 2.24) is 5.01 Å². The molecule has 7 heteroatoms. The van der Waals surface area contributed by atoms with Crippen molar-refractivity contribution < 1.29 is 19.0 Å². The van der Waals surface area contributed by atoms with Gasteiger partial charge in [-0.05, 0) is 29.8 Å². The number of benzene rings is 2. The van der Waals surface area contributed by atoms with Gasteiger partial charge in [0, 0.05) is 17.6 Å². The van der Waals surface area contributed by atoms with Gasteiger partial charge in [-0.3, -0.25) is 4.79 Å². The highest BCUT2D eigenvalue weighted by Crippen LogP contribution is 2.38. The molecule has 0 radical (unpaired) electrons. The zero-order valence-electron chi connectivity index (χ0n) is 14.4. The fourth-order valence-electron chi connectivity index (χ4n) is 2.15. The molecule has 0 unspecified atom stereocenters. The van der Waals surface area contributed by atoms with E-state index in [9.17, 15) is 4.79 Å². The molecule has 0 fully saturated rings. The van der Waals surface area contributed by atoms with E-state index in [1.165, 1.54) is 26.3 Å². The molecule has 0 saturated heterocycles. The molecule has 25 heavy (non-hydrogen) atoms. The first-order chi connectivity index (χ1) is 12.0. The van der Waals surface area contributed by atoms with Crippen molar-refractivity contribution in [1.29, 1.82) is 0 Å². The summed E-state index contributed by atoms with van der Waals surface area (Å²) in [6.07, 6.45) is 1.58. The van der Waals surface area contributed by atoms with Gasteiger partial charge in [-0.15, -0.1) is 0 Å². The molecule has 0 spiro atoms. The zero-order valence-corrected chi connectivity index (χ0v) is 15.2. The Kier molecular flexibility index (Phi) is 6.25. The van der Waals surface area contributed by atoms with Gasteiger partial charge in [-0.1, -0.05) is 23.7 Å². The van der Waals surface area contributed by atoms with Gasteiger partial charge in [0.15, 0.2) is 11.5 Å². The number of amides is 1. The standard InChI is InChI=1S/C18H19ClN2O4/c1-21(20-11-12-5-7-14(19)8-6-12)18(22)13-9-15(23-2)17(25-4)16(10-13)24-3/h5-11H,1-4H3/b20-11+. The van der Waals surface area contributed by atoms with Gasteiger partial charge < -0.3 is 14.2 Å². The molecule has 0 aliphatic heterocycles. The number of methoxy groups -OCH3 is 3. The van der Waals surface area contributed by atoms with Crippen LogP contribution in [0.5, 0.6) is 17.2 Å². The second-order valence-electron chi connectivity index (χ2n) is 5.04. The lowest BCUT2D eigenvalue weighted by atomic mass is 10.1. The Bertz CT molecular complexity index is 750. The summed E-state index contributed by atoms with van der Waals surface area (Å²) in [6.45, 7) is 0. The number of hydrogen-bond acceptors (Lipinski definition) is 5. The summed E-state index contributed by atoms with van der Waals surface area (Å²) in [4.78, 5) is 12.6. The Hall–Kier alpha value is -2.73. The van der Waals surface area contributed by atoms with Crippen LogP contribution in [0, 0.1) is 0 Å². The maximum atomic E-state index is 12.6. The SMILES string of the molecule is COc1cc(C(=O)N(C)/N=C/c2ccc(Cl)cc2)cc(OC)c1OC. The van der Waals surface area contributed by atoms with Gasteiger partial charge in [0.1, 0.15) is 0 Å². The fraction of sp³-hybridized carbons (Fsp3) is 0.222. The summed E-state index contributed by atoms with van der Waals surface area (Å²) in [6, 6.07) is 10.3. The van der Waals surface area contributed by atoms with Crippen LogP contribution in [-0.4, -0.2) is 45.5 Å². The van der Waals surface area contributed by atoms with Crippen LogP contribution in [0.1, 0.15) is 15.9 Å². The Morgan fingerprint density at radius 2 is 1.60 bits per heavy atom. The molecule has 2 rings (SSSR count). The van der Waals surface area contributed by atoms with E-state index in [2.05, 4.69) is 5.10 Å². The first-order valence-electron chi connectivity index (χ1n) is 7.37. The summed E-state index contributed by atoms with van der Waals surface area (Å²) in [7, 11) is 6.06. The van der Waals surface area contributed by atoms with Crippen molar-refractivity contribution in [2.75, 3.05) is 28.4 Å². The van der Waals surface area contributed by atoms with E-state index < -0.39 is 0 Å². The number of hydrogen-bond donors (Lipinski definition) is 0. The highest BCUT2D eigenvalue weighted by molar-refractivity contribution is 6.30. The normalized spacial score (nSPS) is 10.6. The number of carbonyl (C=O) groups is 1. The average molecular weight is 363 g/mol. The van der Waals surface area contributed by atoms with Crippen LogP contribution in [0.25, 0.3) is 0 Å². The van der Waals surface area contributed by atoms with E-state index in [0.29, 0.717) is 27.8 Å². The van der Waals surface area contributed by atoms with E-state index in [4.69, 9.17) is 25.8 Å². The third-order valence-electron chi connectivity index (χ3n) is 3.46. The maximum absolute atomic E-state index is 12.6. The Balaban J connectivity index is 2.25. The average Bonchev–Trinajstić information content (AvgIpc) is 2.65. The van der Waals surface area contributed by atoms with E-state index in [0.717, 1.165) is 5.56 Å².